The second-order valence-corrected chi connectivity index (χ2v) is 7.51. The lowest BCUT2D eigenvalue weighted by atomic mass is 10.1. The predicted octanol–water partition coefficient (Wildman–Crippen LogP) is 2.85. The van der Waals surface area contributed by atoms with Gasteiger partial charge in [0.1, 0.15) is 5.82 Å². The third-order valence-electron chi connectivity index (χ3n) is 5.11. The van der Waals surface area contributed by atoms with Crippen molar-refractivity contribution in [3.8, 4) is 0 Å². The lowest BCUT2D eigenvalue weighted by Crippen LogP contribution is -2.36. The van der Waals surface area contributed by atoms with Crippen LogP contribution in [0.2, 0.25) is 0 Å². The summed E-state index contributed by atoms with van der Waals surface area (Å²) in [5.74, 6) is 1.03. The number of nitrogens with one attached hydrogen (secondary N) is 2. The molecule has 1 aromatic carbocycles. The van der Waals surface area contributed by atoms with Gasteiger partial charge in [-0.05, 0) is 61.8 Å². The smallest absolute Gasteiger partial charge is 0.170 e. The number of hydrogen-bond donors (Lipinski definition) is 2. The molecule has 2 aliphatic heterocycles. The summed E-state index contributed by atoms with van der Waals surface area (Å²) in [5.41, 5.74) is 3.18. The Bertz CT molecular complexity index is 817. The van der Waals surface area contributed by atoms with Gasteiger partial charge in [-0.1, -0.05) is 0 Å². The molecule has 0 bridgehead atoms. The standard InChI is InChI=1S/C20H26N4O2S/c1-14-11-19(24-6-9-25-10-7-24)23-18-5-4-15(12-17(14)18)22-20(27)21-13-16-3-2-8-26-16/h4-5,11-12,16H,2-3,6-10,13H2,1H3,(H2,21,22,27)/t16-/m0/s1. The minimum absolute atomic E-state index is 0.270. The Morgan fingerprint density at radius 1 is 1.26 bits per heavy atom. The third-order valence-corrected chi connectivity index (χ3v) is 5.36. The highest BCUT2D eigenvalue weighted by molar-refractivity contribution is 7.80. The molecule has 1 aromatic heterocycles. The van der Waals surface area contributed by atoms with Crippen LogP contribution in [0.3, 0.4) is 0 Å². The maximum Gasteiger partial charge on any atom is 0.170 e. The summed E-state index contributed by atoms with van der Waals surface area (Å²) >= 11 is 5.42. The first-order valence-corrected chi connectivity index (χ1v) is 10.0. The molecular formula is C20H26N4O2S. The Morgan fingerprint density at radius 2 is 2.11 bits per heavy atom. The van der Waals surface area contributed by atoms with Gasteiger partial charge < -0.3 is 25.0 Å². The van der Waals surface area contributed by atoms with Crippen molar-refractivity contribution in [1.29, 1.82) is 0 Å². The van der Waals surface area contributed by atoms with Crippen molar-refractivity contribution in [2.75, 3.05) is 49.7 Å². The zero-order chi connectivity index (χ0) is 18.6. The SMILES string of the molecule is Cc1cc(N2CCOCC2)nc2ccc(NC(=S)NC[C@@H]3CCCO3)cc12. The molecule has 0 unspecified atom stereocenters. The number of hydrogen-bond acceptors (Lipinski definition) is 5. The van der Waals surface area contributed by atoms with E-state index in [0.29, 0.717) is 5.11 Å². The number of fused-ring (bicyclic) bond motifs is 1. The zero-order valence-electron chi connectivity index (χ0n) is 15.7. The average Bonchev–Trinajstić information content (AvgIpc) is 3.21. The number of rotatable bonds is 4. The number of benzene rings is 1. The molecule has 0 radical (unpaired) electrons. The molecule has 2 aliphatic rings. The highest BCUT2D eigenvalue weighted by atomic mass is 32.1. The van der Waals surface area contributed by atoms with Crippen LogP contribution in [0.4, 0.5) is 11.5 Å². The number of morpholine rings is 1. The number of ether oxygens (including phenoxy) is 2. The summed E-state index contributed by atoms with van der Waals surface area (Å²) < 4.78 is 11.1. The van der Waals surface area contributed by atoms with E-state index in [9.17, 15) is 0 Å². The molecule has 2 N–H and O–H groups in total. The van der Waals surface area contributed by atoms with Crippen molar-refractivity contribution >= 4 is 39.7 Å². The summed E-state index contributed by atoms with van der Waals surface area (Å²) in [7, 11) is 0. The fraction of sp³-hybridized carbons (Fsp3) is 0.500. The van der Waals surface area contributed by atoms with Crippen molar-refractivity contribution in [1.82, 2.24) is 10.3 Å². The van der Waals surface area contributed by atoms with Crippen LogP contribution >= 0.6 is 12.2 Å². The molecule has 2 aromatic rings. The van der Waals surface area contributed by atoms with Crippen molar-refractivity contribution in [2.24, 2.45) is 0 Å². The minimum Gasteiger partial charge on any atom is -0.378 e. The first kappa shape index (κ1) is 18.4. The van der Waals surface area contributed by atoms with Gasteiger partial charge in [0.05, 0.1) is 24.8 Å². The van der Waals surface area contributed by atoms with Crippen LogP contribution in [-0.2, 0) is 9.47 Å². The molecule has 144 valence electrons. The largest absolute Gasteiger partial charge is 0.378 e. The van der Waals surface area contributed by atoms with Crippen LogP contribution < -0.4 is 15.5 Å². The molecule has 3 heterocycles. The van der Waals surface area contributed by atoms with Gasteiger partial charge in [0.15, 0.2) is 5.11 Å². The van der Waals surface area contributed by atoms with E-state index in [2.05, 4.69) is 40.7 Å². The van der Waals surface area contributed by atoms with Gasteiger partial charge in [-0.25, -0.2) is 4.98 Å². The minimum atomic E-state index is 0.270. The molecule has 0 aliphatic carbocycles. The molecule has 2 fully saturated rings. The van der Waals surface area contributed by atoms with E-state index in [-0.39, 0.29) is 6.10 Å². The topological polar surface area (TPSA) is 58.7 Å². The van der Waals surface area contributed by atoms with E-state index in [1.165, 1.54) is 5.56 Å². The Labute approximate surface area is 165 Å². The molecule has 6 nitrogen and oxygen atoms in total. The molecule has 0 amide bonds. The number of pyridine rings is 1. The Kier molecular flexibility index (Phi) is 5.71. The number of aryl methyl sites for hydroxylation is 1. The van der Waals surface area contributed by atoms with Gasteiger partial charge in [-0.3, -0.25) is 0 Å². The highest BCUT2D eigenvalue weighted by Crippen LogP contribution is 2.25. The van der Waals surface area contributed by atoms with Crippen molar-refractivity contribution in [3.05, 3.63) is 29.8 Å². The number of anilines is 2. The lowest BCUT2D eigenvalue weighted by molar-refractivity contribution is 0.114. The zero-order valence-corrected chi connectivity index (χ0v) is 16.5. The highest BCUT2D eigenvalue weighted by Gasteiger charge is 2.16. The predicted molar refractivity (Wildman–Crippen MR) is 113 cm³/mol. The molecule has 27 heavy (non-hydrogen) atoms. The number of nitrogens with zero attached hydrogens (tertiary/aromatic N) is 2. The second-order valence-electron chi connectivity index (χ2n) is 7.10. The fourth-order valence-electron chi connectivity index (χ4n) is 3.60. The van der Waals surface area contributed by atoms with Gasteiger partial charge >= 0.3 is 0 Å². The summed E-state index contributed by atoms with van der Waals surface area (Å²) in [6.07, 6.45) is 2.50. The van der Waals surface area contributed by atoms with Gasteiger partial charge in [-0.2, -0.15) is 0 Å². The van der Waals surface area contributed by atoms with E-state index >= 15 is 0 Å². The molecule has 7 heteroatoms. The van der Waals surface area contributed by atoms with Crippen LogP contribution in [0.25, 0.3) is 10.9 Å². The van der Waals surface area contributed by atoms with Crippen LogP contribution in [0, 0.1) is 6.92 Å². The Balaban J connectivity index is 1.45. The van der Waals surface area contributed by atoms with Gasteiger partial charge in [0, 0.05) is 37.3 Å². The molecule has 4 rings (SSSR count). The molecule has 1 atom stereocenters. The lowest BCUT2D eigenvalue weighted by Gasteiger charge is -2.28. The molecule has 0 spiro atoms. The molecule has 2 saturated heterocycles. The van der Waals surface area contributed by atoms with Crippen LogP contribution in [-0.4, -0.2) is 55.7 Å². The Morgan fingerprint density at radius 3 is 2.89 bits per heavy atom. The summed E-state index contributed by atoms with van der Waals surface area (Å²) in [6.45, 7) is 7.05. The van der Waals surface area contributed by atoms with Gasteiger partial charge in [0.2, 0.25) is 0 Å². The van der Waals surface area contributed by atoms with E-state index in [4.69, 9.17) is 26.7 Å². The van der Waals surface area contributed by atoms with Crippen molar-refractivity contribution in [2.45, 2.75) is 25.9 Å². The molecule has 0 saturated carbocycles. The maximum atomic E-state index is 5.62. The normalized spacial score (nSPS) is 20.0. The van der Waals surface area contributed by atoms with E-state index in [1.807, 2.05) is 6.07 Å². The van der Waals surface area contributed by atoms with Crippen molar-refractivity contribution < 1.29 is 9.47 Å². The first-order chi connectivity index (χ1) is 13.2. The van der Waals surface area contributed by atoms with Gasteiger partial charge in [-0.15, -0.1) is 0 Å². The number of aromatic nitrogens is 1. The van der Waals surface area contributed by atoms with Gasteiger partial charge in [0.25, 0.3) is 0 Å². The maximum absolute atomic E-state index is 5.62. The third kappa shape index (κ3) is 4.48. The first-order valence-electron chi connectivity index (χ1n) is 9.59. The molecular weight excluding hydrogens is 360 g/mol. The fourth-order valence-corrected chi connectivity index (χ4v) is 3.80. The van der Waals surface area contributed by atoms with Crippen molar-refractivity contribution in [3.63, 3.8) is 0 Å². The van der Waals surface area contributed by atoms with Crippen LogP contribution in [0.15, 0.2) is 24.3 Å². The summed E-state index contributed by atoms with van der Waals surface area (Å²) in [4.78, 5) is 7.13. The second kappa shape index (κ2) is 8.37. The van der Waals surface area contributed by atoms with E-state index < -0.39 is 0 Å². The van der Waals surface area contributed by atoms with Crippen LogP contribution in [0.5, 0.6) is 0 Å². The monoisotopic (exact) mass is 386 g/mol. The quantitative estimate of drug-likeness (QED) is 0.784. The van der Waals surface area contributed by atoms with E-state index in [1.54, 1.807) is 0 Å². The van der Waals surface area contributed by atoms with E-state index in [0.717, 1.165) is 74.7 Å². The Hall–Kier alpha value is -1.96. The summed E-state index contributed by atoms with van der Waals surface area (Å²) in [6, 6.07) is 8.35. The average molecular weight is 387 g/mol. The summed E-state index contributed by atoms with van der Waals surface area (Å²) in [5, 5.41) is 8.29. The van der Waals surface area contributed by atoms with Crippen LogP contribution in [0.1, 0.15) is 18.4 Å². The number of thiocarbonyl (C=S) groups is 1.